The number of para-hydroxylation sites is 4. The molecule has 0 aliphatic rings. The fourth-order valence-corrected chi connectivity index (χ4v) is 10.5. The highest BCUT2D eigenvalue weighted by atomic mass is 15.0. The predicted octanol–water partition coefficient (Wildman–Crippen LogP) is 15.7. The van der Waals surface area contributed by atoms with Gasteiger partial charge in [0.15, 0.2) is 0 Å². The molecule has 0 bridgehead atoms. The van der Waals surface area contributed by atoms with Gasteiger partial charge in [-0.15, -0.1) is 0 Å². The summed E-state index contributed by atoms with van der Waals surface area (Å²) < 4.78 is 7.19. The van der Waals surface area contributed by atoms with E-state index in [-0.39, 0.29) is 0 Å². The number of aromatic nitrogens is 3. The summed E-state index contributed by atoms with van der Waals surface area (Å²) in [6.45, 7) is 0. The number of hydrogen-bond acceptors (Lipinski definition) is 2. The fourth-order valence-electron chi connectivity index (χ4n) is 10.5. The van der Waals surface area contributed by atoms with Crippen molar-refractivity contribution in [2.24, 2.45) is 0 Å². The van der Waals surface area contributed by atoms with Gasteiger partial charge in [-0.1, -0.05) is 127 Å². The van der Waals surface area contributed by atoms with Crippen molar-refractivity contribution >= 4 is 65.4 Å². The fraction of sp³-hybridized carbons (Fsp3) is 0. The van der Waals surface area contributed by atoms with Crippen molar-refractivity contribution in [2.75, 3.05) is 0 Å². The molecule has 5 heteroatoms. The molecule has 0 radical (unpaired) electrons. The molecule has 0 fully saturated rings. The van der Waals surface area contributed by atoms with Gasteiger partial charge in [-0.25, -0.2) is 0 Å². The lowest BCUT2D eigenvalue weighted by Gasteiger charge is -2.20. The summed E-state index contributed by atoms with van der Waals surface area (Å²) in [7, 11) is 0. The molecular formula is C62H37N5. The van der Waals surface area contributed by atoms with E-state index in [1.165, 1.54) is 21.5 Å². The van der Waals surface area contributed by atoms with Gasteiger partial charge >= 0.3 is 0 Å². The summed E-state index contributed by atoms with van der Waals surface area (Å²) in [6.07, 6.45) is 0. The number of benzene rings is 10. The van der Waals surface area contributed by atoms with Crippen LogP contribution in [-0.2, 0) is 0 Å². The van der Waals surface area contributed by atoms with Gasteiger partial charge in [0.25, 0.3) is 0 Å². The Morgan fingerprint density at radius 1 is 0.269 bits per heavy atom. The monoisotopic (exact) mass is 851 g/mol. The smallest absolute Gasteiger partial charge is 0.0991 e. The van der Waals surface area contributed by atoms with Crippen molar-refractivity contribution in [1.29, 1.82) is 10.5 Å². The largest absolute Gasteiger partial charge is 0.309 e. The second kappa shape index (κ2) is 15.1. The molecule has 5 nitrogen and oxygen atoms in total. The molecule has 310 valence electrons. The van der Waals surface area contributed by atoms with Crippen LogP contribution in [-0.4, -0.2) is 13.7 Å². The van der Waals surface area contributed by atoms with Gasteiger partial charge < -0.3 is 13.7 Å². The molecule has 0 saturated carbocycles. The van der Waals surface area contributed by atoms with Gasteiger partial charge in [0.1, 0.15) is 0 Å². The third-order valence-electron chi connectivity index (χ3n) is 13.5. The molecule has 0 aliphatic carbocycles. The maximum atomic E-state index is 9.83. The predicted molar refractivity (Wildman–Crippen MR) is 275 cm³/mol. The van der Waals surface area contributed by atoms with Crippen LogP contribution in [0.25, 0.3) is 116 Å². The second-order valence-electron chi connectivity index (χ2n) is 17.1. The zero-order valence-corrected chi connectivity index (χ0v) is 36.1. The first kappa shape index (κ1) is 38.1. The van der Waals surface area contributed by atoms with Gasteiger partial charge in [0.05, 0.1) is 56.4 Å². The molecule has 13 aromatic rings. The number of rotatable bonds is 6. The molecule has 3 heterocycles. The van der Waals surface area contributed by atoms with E-state index < -0.39 is 0 Å². The van der Waals surface area contributed by atoms with Gasteiger partial charge in [-0.05, 0) is 130 Å². The van der Waals surface area contributed by atoms with Crippen LogP contribution in [0.4, 0.5) is 0 Å². The summed E-state index contributed by atoms with van der Waals surface area (Å²) in [6, 6.07) is 84.0. The van der Waals surface area contributed by atoms with Crippen LogP contribution in [0.5, 0.6) is 0 Å². The minimum Gasteiger partial charge on any atom is -0.309 e. The van der Waals surface area contributed by atoms with Crippen LogP contribution in [0.15, 0.2) is 224 Å². The van der Waals surface area contributed by atoms with Crippen molar-refractivity contribution in [3.63, 3.8) is 0 Å². The summed E-state index contributed by atoms with van der Waals surface area (Å²) in [5, 5.41) is 26.8. The third kappa shape index (κ3) is 5.93. The van der Waals surface area contributed by atoms with Crippen LogP contribution >= 0.6 is 0 Å². The zero-order valence-electron chi connectivity index (χ0n) is 36.1. The van der Waals surface area contributed by atoms with E-state index in [0.29, 0.717) is 11.1 Å². The number of nitrogens with zero attached hydrogens (tertiary/aromatic N) is 5. The van der Waals surface area contributed by atoms with Crippen molar-refractivity contribution in [1.82, 2.24) is 13.7 Å². The average molecular weight is 852 g/mol. The van der Waals surface area contributed by atoms with E-state index in [0.717, 1.165) is 94.3 Å². The second-order valence-corrected chi connectivity index (χ2v) is 17.1. The Hall–Kier alpha value is -9.42. The molecule has 0 amide bonds. The molecular weight excluding hydrogens is 815 g/mol. The molecule has 0 spiro atoms. The molecule has 0 unspecified atom stereocenters. The Balaban J connectivity index is 1.14. The maximum absolute atomic E-state index is 9.83. The Morgan fingerprint density at radius 3 is 1.00 bits per heavy atom. The summed E-state index contributed by atoms with van der Waals surface area (Å²) in [5.74, 6) is 0. The average Bonchev–Trinajstić information content (AvgIpc) is 4.04. The van der Waals surface area contributed by atoms with Gasteiger partial charge in [0.2, 0.25) is 0 Å². The van der Waals surface area contributed by atoms with E-state index in [9.17, 15) is 10.5 Å². The lowest BCUT2D eigenvalue weighted by Crippen LogP contribution is -2.00. The summed E-state index contributed by atoms with van der Waals surface area (Å²) in [4.78, 5) is 0. The van der Waals surface area contributed by atoms with Gasteiger partial charge in [0, 0.05) is 49.4 Å². The topological polar surface area (TPSA) is 62.4 Å². The van der Waals surface area contributed by atoms with E-state index >= 15 is 0 Å². The van der Waals surface area contributed by atoms with Gasteiger partial charge in [-0.2, -0.15) is 10.5 Å². The SMILES string of the molecule is N#Cc1ccc(-c2cc(-n3c4ccc(-n5c6ccccc6c6ccccc65)cc4c4cc(-n5c6ccccc6c6ccccc65)ccc43)cc(-c3ccc(C#N)cc3)c2-c2ccccc2)cc1. The molecule has 0 saturated heterocycles. The van der Waals surface area contributed by atoms with E-state index in [1.54, 1.807) is 0 Å². The van der Waals surface area contributed by atoms with Gasteiger partial charge in [-0.3, -0.25) is 0 Å². The van der Waals surface area contributed by atoms with Crippen LogP contribution in [0, 0.1) is 22.7 Å². The highest BCUT2D eigenvalue weighted by Gasteiger charge is 2.22. The lowest BCUT2D eigenvalue weighted by atomic mass is 9.86. The van der Waals surface area contributed by atoms with E-state index in [2.05, 4.69) is 220 Å². The number of nitriles is 2. The Kier molecular flexibility index (Phi) is 8.58. The third-order valence-corrected chi connectivity index (χ3v) is 13.5. The lowest BCUT2D eigenvalue weighted by molar-refractivity contribution is 1.16. The Labute approximate surface area is 386 Å². The Morgan fingerprint density at radius 2 is 0.612 bits per heavy atom. The minimum absolute atomic E-state index is 0.606. The first-order chi connectivity index (χ1) is 33.1. The standard InChI is InChI=1S/C62H37N5/c63-38-40-22-26-42(27-23-40)52-36-47(37-53(43-28-24-41(39-64)25-29-43)62(52)44-12-2-1-3-13-44)67-60-32-30-45(65-56-18-8-4-14-48(56)49-15-5-9-19-57(49)65)34-54(60)55-35-46(31-33-61(55)67)66-58-20-10-6-16-50(58)51-17-7-11-21-59(51)66/h1-37H. The normalized spacial score (nSPS) is 11.6. The van der Waals surface area contributed by atoms with Crippen molar-refractivity contribution in [3.8, 4) is 62.6 Å². The highest BCUT2D eigenvalue weighted by molar-refractivity contribution is 6.14. The number of fused-ring (bicyclic) bond motifs is 9. The van der Waals surface area contributed by atoms with Crippen molar-refractivity contribution in [3.05, 3.63) is 236 Å². The zero-order chi connectivity index (χ0) is 44.6. The molecule has 10 aromatic carbocycles. The first-order valence-electron chi connectivity index (χ1n) is 22.5. The molecule has 13 rings (SSSR count). The molecule has 0 N–H and O–H groups in total. The van der Waals surface area contributed by atoms with E-state index in [4.69, 9.17) is 0 Å². The highest BCUT2D eigenvalue weighted by Crippen LogP contribution is 2.45. The van der Waals surface area contributed by atoms with Crippen molar-refractivity contribution < 1.29 is 0 Å². The van der Waals surface area contributed by atoms with E-state index in [1.807, 2.05) is 30.3 Å². The van der Waals surface area contributed by atoms with Crippen LogP contribution in [0.2, 0.25) is 0 Å². The molecule has 67 heavy (non-hydrogen) atoms. The van der Waals surface area contributed by atoms with Crippen LogP contribution in [0.3, 0.4) is 0 Å². The maximum Gasteiger partial charge on any atom is 0.0991 e. The number of hydrogen-bond donors (Lipinski definition) is 0. The minimum atomic E-state index is 0.606. The molecule has 0 aliphatic heterocycles. The van der Waals surface area contributed by atoms with Crippen molar-refractivity contribution in [2.45, 2.75) is 0 Å². The summed E-state index contributed by atoms with van der Waals surface area (Å²) >= 11 is 0. The summed E-state index contributed by atoms with van der Waals surface area (Å²) in [5.41, 5.74) is 17.4. The molecule has 0 atom stereocenters. The Bertz CT molecular complexity index is 3850. The van der Waals surface area contributed by atoms with Crippen LogP contribution in [0.1, 0.15) is 11.1 Å². The molecule has 3 aromatic heterocycles. The van der Waals surface area contributed by atoms with Crippen LogP contribution < -0.4 is 0 Å². The quantitative estimate of drug-likeness (QED) is 0.167. The first-order valence-corrected chi connectivity index (χ1v) is 22.5.